The SMILES string of the molecule is CCCN1C(=O)C(O)(CC(=O)c2ccccc2OC)c2cc(Cl)ccc21. The third-order valence-corrected chi connectivity index (χ3v) is 4.80. The Labute approximate surface area is 157 Å². The van der Waals surface area contributed by atoms with Crippen LogP contribution in [0.3, 0.4) is 0 Å². The summed E-state index contributed by atoms with van der Waals surface area (Å²) < 4.78 is 5.22. The molecule has 136 valence electrons. The lowest BCUT2D eigenvalue weighted by Crippen LogP contribution is -2.42. The summed E-state index contributed by atoms with van der Waals surface area (Å²) in [6.07, 6.45) is 0.351. The number of halogens is 1. The molecule has 1 amide bonds. The summed E-state index contributed by atoms with van der Waals surface area (Å²) in [7, 11) is 1.47. The van der Waals surface area contributed by atoms with Crippen molar-refractivity contribution < 1.29 is 19.4 Å². The van der Waals surface area contributed by atoms with Crippen LogP contribution in [0.25, 0.3) is 0 Å². The Balaban J connectivity index is 2.02. The molecule has 2 aromatic carbocycles. The van der Waals surface area contributed by atoms with Gasteiger partial charge in [-0.25, -0.2) is 0 Å². The molecule has 26 heavy (non-hydrogen) atoms. The highest BCUT2D eigenvalue weighted by Crippen LogP contribution is 2.44. The maximum absolute atomic E-state index is 13.0. The van der Waals surface area contributed by atoms with Gasteiger partial charge in [-0.1, -0.05) is 30.7 Å². The molecule has 1 atom stereocenters. The van der Waals surface area contributed by atoms with Crippen molar-refractivity contribution in [3.63, 3.8) is 0 Å². The topological polar surface area (TPSA) is 66.8 Å². The first-order valence-corrected chi connectivity index (χ1v) is 8.80. The predicted octanol–water partition coefficient (Wildman–Crippen LogP) is 3.57. The molecule has 3 rings (SSSR count). The molecule has 1 aliphatic rings. The van der Waals surface area contributed by atoms with Crippen LogP contribution in [0.2, 0.25) is 5.02 Å². The van der Waals surface area contributed by atoms with Crippen molar-refractivity contribution in [2.45, 2.75) is 25.4 Å². The summed E-state index contributed by atoms with van der Waals surface area (Å²) in [4.78, 5) is 27.3. The van der Waals surface area contributed by atoms with Gasteiger partial charge in [0, 0.05) is 17.1 Å². The number of para-hydroxylation sites is 1. The Bertz CT molecular complexity index is 867. The van der Waals surface area contributed by atoms with Crippen LogP contribution in [0.1, 0.15) is 35.7 Å². The summed E-state index contributed by atoms with van der Waals surface area (Å²) in [6, 6.07) is 11.7. The number of ether oxygens (including phenoxy) is 1. The van der Waals surface area contributed by atoms with Gasteiger partial charge in [0.2, 0.25) is 0 Å². The van der Waals surface area contributed by atoms with E-state index in [1.807, 2.05) is 6.92 Å². The first-order valence-electron chi connectivity index (χ1n) is 8.43. The van der Waals surface area contributed by atoms with E-state index in [9.17, 15) is 14.7 Å². The second kappa shape index (κ2) is 7.09. The molecule has 2 aromatic rings. The molecule has 5 nitrogen and oxygen atoms in total. The molecular formula is C20H20ClNO4. The molecule has 0 saturated carbocycles. The number of fused-ring (bicyclic) bond motifs is 1. The predicted molar refractivity (Wildman–Crippen MR) is 99.9 cm³/mol. The molecule has 1 N–H and O–H groups in total. The summed E-state index contributed by atoms with van der Waals surface area (Å²) in [6.45, 7) is 2.40. The zero-order chi connectivity index (χ0) is 18.9. The molecule has 1 unspecified atom stereocenters. The molecule has 0 fully saturated rings. The number of methoxy groups -OCH3 is 1. The zero-order valence-corrected chi connectivity index (χ0v) is 15.4. The zero-order valence-electron chi connectivity index (χ0n) is 14.7. The van der Waals surface area contributed by atoms with Gasteiger partial charge in [-0.2, -0.15) is 0 Å². The number of Topliss-reactive ketones (excluding diaryl/α,β-unsaturated/α-hetero) is 1. The number of amides is 1. The van der Waals surface area contributed by atoms with Gasteiger partial charge >= 0.3 is 0 Å². The highest BCUT2D eigenvalue weighted by molar-refractivity contribution is 6.31. The number of nitrogens with zero attached hydrogens (tertiary/aromatic N) is 1. The van der Waals surface area contributed by atoms with Gasteiger partial charge in [-0.3, -0.25) is 9.59 Å². The summed E-state index contributed by atoms with van der Waals surface area (Å²) >= 11 is 6.08. The van der Waals surface area contributed by atoms with Gasteiger partial charge in [0.25, 0.3) is 5.91 Å². The number of hydrogen-bond donors (Lipinski definition) is 1. The average molecular weight is 374 g/mol. The molecule has 0 radical (unpaired) electrons. The number of hydrogen-bond acceptors (Lipinski definition) is 4. The number of anilines is 1. The maximum Gasteiger partial charge on any atom is 0.264 e. The first-order chi connectivity index (χ1) is 12.4. The van der Waals surface area contributed by atoms with E-state index < -0.39 is 11.5 Å². The minimum absolute atomic E-state index is 0.328. The van der Waals surface area contributed by atoms with E-state index in [4.69, 9.17) is 16.3 Å². The number of ketones is 1. The molecule has 1 aliphatic heterocycles. The van der Waals surface area contributed by atoms with E-state index in [0.29, 0.717) is 34.1 Å². The molecular weight excluding hydrogens is 354 g/mol. The lowest BCUT2D eigenvalue weighted by atomic mass is 9.88. The minimum atomic E-state index is -1.94. The summed E-state index contributed by atoms with van der Waals surface area (Å²) in [5, 5.41) is 11.6. The lowest BCUT2D eigenvalue weighted by molar-refractivity contribution is -0.135. The summed E-state index contributed by atoms with van der Waals surface area (Å²) in [5.74, 6) is -0.467. The molecule has 1 heterocycles. The fourth-order valence-electron chi connectivity index (χ4n) is 3.34. The van der Waals surface area contributed by atoms with Gasteiger partial charge in [0.05, 0.1) is 24.8 Å². The Morgan fingerprint density at radius 1 is 1.27 bits per heavy atom. The van der Waals surface area contributed by atoms with Crippen molar-refractivity contribution in [2.75, 3.05) is 18.6 Å². The second-order valence-corrected chi connectivity index (χ2v) is 6.72. The van der Waals surface area contributed by atoms with Crippen LogP contribution in [-0.4, -0.2) is 30.5 Å². The Hall–Kier alpha value is -2.37. The van der Waals surface area contributed by atoms with E-state index >= 15 is 0 Å². The van der Waals surface area contributed by atoms with E-state index in [1.54, 1.807) is 42.5 Å². The van der Waals surface area contributed by atoms with Crippen molar-refractivity contribution in [3.05, 3.63) is 58.6 Å². The number of carbonyl (C=O) groups excluding carboxylic acids is 2. The van der Waals surface area contributed by atoms with Crippen LogP contribution < -0.4 is 9.64 Å². The molecule has 0 bridgehead atoms. The molecule has 0 saturated heterocycles. The first kappa shape index (κ1) is 18.4. The Kier molecular flexibility index (Phi) is 5.03. The fraction of sp³-hybridized carbons (Fsp3) is 0.300. The number of benzene rings is 2. The normalized spacial score (nSPS) is 18.8. The number of aliphatic hydroxyl groups is 1. The fourth-order valence-corrected chi connectivity index (χ4v) is 3.51. The van der Waals surface area contributed by atoms with Crippen LogP contribution >= 0.6 is 11.6 Å². The van der Waals surface area contributed by atoms with Gasteiger partial charge in [0.1, 0.15) is 5.75 Å². The number of rotatable bonds is 6. The average Bonchev–Trinajstić information content (AvgIpc) is 2.83. The van der Waals surface area contributed by atoms with E-state index in [1.165, 1.54) is 12.0 Å². The third kappa shape index (κ3) is 2.97. The van der Waals surface area contributed by atoms with Crippen LogP contribution in [0, 0.1) is 0 Å². The van der Waals surface area contributed by atoms with E-state index in [2.05, 4.69) is 0 Å². The minimum Gasteiger partial charge on any atom is -0.496 e. The third-order valence-electron chi connectivity index (χ3n) is 4.56. The molecule has 0 aliphatic carbocycles. The van der Waals surface area contributed by atoms with Crippen molar-refractivity contribution >= 4 is 29.0 Å². The smallest absolute Gasteiger partial charge is 0.264 e. The van der Waals surface area contributed by atoms with E-state index in [-0.39, 0.29) is 12.2 Å². The van der Waals surface area contributed by atoms with Gasteiger partial charge < -0.3 is 14.7 Å². The van der Waals surface area contributed by atoms with Crippen LogP contribution in [0.5, 0.6) is 5.75 Å². The molecule has 6 heteroatoms. The van der Waals surface area contributed by atoms with Crippen molar-refractivity contribution in [3.8, 4) is 5.75 Å². The monoisotopic (exact) mass is 373 g/mol. The molecule has 0 spiro atoms. The van der Waals surface area contributed by atoms with Gasteiger partial charge in [0.15, 0.2) is 11.4 Å². The quantitative estimate of drug-likeness (QED) is 0.786. The van der Waals surface area contributed by atoms with Crippen LogP contribution in [0.15, 0.2) is 42.5 Å². The van der Waals surface area contributed by atoms with E-state index in [0.717, 1.165) is 6.42 Å². The van der Waals surface area contributed by atoms with Gasteiger partial charge in [-0.15, -0.1) is 0 Å². The second-order valence-electron chi connectivity index (χ2n) is 6.28. The maximum atomic E-state index is 13.0. The van der Waals surface area contributed by atoms with Crippen molar-refractivity contribution in [1.29, 1.82) is 0 Å². The standard InChI is InChI=1S/C20H20ClNO4/c1-3-10-22-16-9-8-13(21)11-15(16)20(25,19(22)24)12-17(23)14-6-4-5-7-18(14)26-2/h4-9,11,25H,3,10,12H2,1-2H3. The molecule has 0 aromatic heterocycles. The highest BCUT2D eigenvalue weighted by atomic mass is 35.5. The largest absolute Gasteiger partial charge is 0.496 e. The Morgan fingerprint density at radius 2 is 2.00 bits per heavy atom. The van der Waals surface area contributed by atoms with Crippen molar-refractivity contribution in [1.82, 2.24) is 0 Å². The number of carbonyl (C=O) groups is 2. The lowest BCUT2D eigenvalue weighted by Gasteiger charge is -2.23. The Morgan fingerprint density at radius 3 is 2.69 bits per heavy atom. The van der Waals surface area contributed by atoms with Crippen molar-refractivity contribution in [2.24, 2.45) is 0 Å². The van der Waals surface area contributed by atoms with Crippen LogP contribution in [-0.2, 0) is 10.4 Å². The van der Waals surface area contributed by atoms with Crippen LogP contribution in [0.4, 0.5) is 5.69 Å². The van der Waals surface area contributed by atoms with Gasteiger partial charge in [-0.05, 0) is 36.8 Å². The summed E-state index contributed by atoms with van der Waals surface area (Å²) in [5.41, 5.74) is -0.648. The highest BCUT2D eigenvalue weighted by Gasteiger charge is 2.50.